The fourth-order valence-corrected chi connectivity index (χ4v) is 5.75. The molecule has 0 amide bonds. The van der Waals surface area contributed by atoms with Gasteiger partial charge in [0.25, 0.3) is 0 Å². The van der Waals surface area contributed by atoms with E-state index in [0.717, 1.165) is 62.6 Å². The molecule has 0 spiro atoms. The Morgan fingerprint density at radius 2 is 1.79 bits per heavy atom. The Hall–Kier alpha value is -3.96. The van der Waals surface area contributed by atoms with Gasteiger partial charge in [-0.05, 0) is 50.7 Å². The molecule has 0 aromatic carbocycles. The Labute approximate surface area is 225 Å². The van der Waals surface area contributed by atoms with Gasteiger partial charge in [0, 0.05) is 68.6 Å². The highest BCUT2D eigenvalue weighted by Crippen LogP contribution is 2.34. The number of piperidine rings is 1. The number of piperazine rings is 1. The molecule has 2 fully saturated rings. The van der Waals surface area contributed by atoms with Crippen molar-refractivity contribution < 1.29 is 4.39 Å². The minimum Gasteiger partial charge on any atom is -0.367 e. The Bertz CT molecular complexity index is 1630. The molecular formula is C28H31FN10. The van der Waals surface area contributed by atoms with Gasteiger partial charge in [-0.25, -0.2) is 19.3 Å². The summed E-state index contributed by atoms with van der Waals surface area (Å²) in [5.74, 6) is 0.0878. The van der Waals surface area contributed by atoms with Crippen molar-refractivity contribution in [1.29, 1.82) is 0 Å². The number of fused-ring (bicyclic) bond motifs is 2. The minimum atomic E-state index is -0.395. The van der Waals surface area contributed by atoms with Gasteiger partial charge in [-0.3, -0.25) is 15.0 Å². The number of aromatic amines is 2. The van der Waals surface area contributed by atoms with Gasteiger partial charge >= 0.3 is 0 Å². The summed E-state index contributed by atoms with van der Waals surface area (Å²) in [6, 6.07) is 4.02. The first-order valence-corrected chi connectivity index (χ1v) is 13.6. The summed E-state index contributed by atoms with van der Waals surface area (Å²) in [5.41, 5.74) is 5.39. The maximum absolute atomic E-state index is 16.2. The number of hydrogen-bond donors (Lipinski definition) is 2. The van der Waals surface area contributed by atoms with E-state index in [9.17, 15) is 0 Å². The number of imidazole rings is 1. The molecule has 200 valence electrons. The predicted octanol–water partition coefficient (Wildman–Crippen LogP) is 3.84. The third kappa shape index (κ3) is 4.51. The van der Waals surface area contributed by atoms with Crippen molar-refractivity contribution in [2.45, 2.75) is 25.8 Å². The average molecular weight is 527 g/mol. The van der Waals surface area contributed by atoms with Crippen LogP contribution in [0, 0.1) is 5.82 Å². The van der Waals surface area contributed by atoms with Crippen LogP contribution in [0.1, 0.15) is 24.8 Å². The molecule has 0 unspecified atom stereocenters. The van der Waals surface area contributed by atoms with Crippen LogP contribution in [0.15, 0.2) is 36.9 Å². The van der Waals surface area contributed by atoms with Crippen molar-refractivity contribution in [3.63, 3.8) is 0 Å². The number of anilines is 1. The Kier molecular flexibility index (Phi) is 6.16. The first-order chi connectivity index (χ1) is 19.1. The topological polar surface area (TPSA) is 106 Å². The number of aromatic nitrogens is 7. The smallest absolute Gasteiger partial charge is 0.184 e. The van der Waals surface area contributed by atoms with E-state index in [0.29, 0.717) is 39.3 Å². The van der Waals surface area contributed by atoms with Crippen molar-refractivity contribution in [2.75, 3.05) is 51.2 Å². The predicted molar refractivity (Wildman–Crippen MR) is 149 cm³/mol. The molecule has 2 aliphatic rings. The second-order valence-electron chi connectivity index (χ2n) is 10.6. The summed E-state index contributed by atoms with van der Waals surface area (Å²) in [5, 5.41) is 7.55. The van der Waals surface area contributed by atoms with E-state index in [2.05, 4.69) is 51.9 Å². The quantitative estimate of drug-likeness (QED) is 0.356. The Morgan fingerprint density at radius 3 is 2.64 bits per heavy atom. The number of H-pyrrole nitrogens is 2. The summed E-state index contributed by atoms with van der Waals surface area (Å²) in [7, 11) is 2.13. The molecule has 5 aromatic heterocycles. The maximum Gasteiger partial charge on any atom is 0.184 e. The zero-order valence-corrected chi connectivity index (χ0v) is 22.0. The zero-order chi connectivity index (χ0) is 26.3. The summed E-state index contributed by atoms with van der Waals surface area (Å²) in [6.45, 7) is 6.82. The van der Waals surface area contributed by atoms with Crippen molar-refractivity contribution in [2.24, 2.45) is 0 Å². The van der Waals surface area contributed by atoms with Gasteiger partial charge in [-0.1, -0.05) is 6.42 Å². The normalized spacial score (nSPS) is 17.4. The lowest BCUT2D eigenvalue weighted by atomic mass is 10.0. The van der Waals surface area contributed by atoms with E-state index in [1.807, 2.05) is 18.3 Å². The van der Waals surface area contributed by atoms with Crippen LogP contribution in [0.4, 0.5) is 10.1 Å². The number of likely N-dealkylation sites (tertiary alicyclic amines) is 1. The highest BCUT2D eigenvalue weighted by molar-refractivity contribution is 5.95. The molecule has 7 rings (SSSR count). The van der Waals surface area contributed by atoms with Crippen LogP contribution in [-0.2, 0) is 6.54 Å². The number of nitrogens with one attached hydrogen (secondary N) is 2. The summed E-state index contributed by atoms with van der Waals surface area (Å²) < 4.78 is 16.2. The number of likely N-dealkylation sites (N-methyl/N-ethyl adjacent to an activating group) is 1. The molecule has 5 aromatic rings. The van der Waals surface area contributed by atoms with Crippen molar-refractivity contribution in [3.8, 4) is 22.6 Å². The summed E-state index contributed by atoms with van der Waals surface area (Å²) in [6.07, 6.45) is 10.6. The first kappa shape index (κ1) is 24.1. The molecule has 7 heterocycles. The van der Waals surface area contributed by atoms with Gasteiger partial charge in [0.05, 0.1) is 11.1 Å². The largest absolute Gasteiger partial charge is 0.367 e. The Morgan fingerprint density at radius 1 is 0.949 bits per heavy atom. The SMILES string of the molecule is CN1CCN(c2ccnc3nc(-c4[nH]nc5ncc(-c6cncc(CN7CCCCC7)c6)c(F)c45)[nH]c23)CC1. The second-order valence-corrected chi connectivity index (χ2v) is 10.6. The van der Waals surface area contributed by atoms with E-state index < -0.39 is 5.82 Å². The standard InChI is InChI=1S/C28H31FN10/c1-37-9-11-39(12-10-37)21-5-6-31-27-24(21)33-28(34-27)25-22-23(29)20(16-32-26(22)36-35-25)19-13-18(14-30-15-19)17-38-7-3-2-4-8-38/h5-6,13-16H,2-4,7-12,17H2,1H3,(H,31,33,34)(H,32,35,36). The van der Waals surface area contributed by atoms with Gasteiger partial charge in [0.15, 0.2) is 17.1 Å². The molecule has 0 atom stereocenters. The molecule has 0 radical (unpaired) electrons. The fraction of sp³-hybridized carbons (Fsp3) is 0.393. The third-order valence-corrected chi connectivity index (χ3v) is 7.93. The van der Waals surface area contributed by atoms with Crippen LogP contribution in [0.25, 0.3) is 44.8 Å². The highest BCUT2D eigenvalue weighted by Gasteiger charge is 2.23. The molecule has 39 heavy (non-hydrogen) atoms. The lowest BCUT2D eigenvalue weighted by molar-refractivity contribution is 0.220. The number of hydrogen-bond acceptors (Lipinski definition) is 8. The van der Waals surface area contributed by atoms with Gasteiger partial charge in [0.2, 0.25) is 0 Å². The molecule has 0 saturated carbocycles. The van der Waals surface area contributed by atoms with Crippen LogP contribution in [0.5, 0.6) is 0 Å². The molecule has 2 aliphatic heterocycles. The number of pyridine rings is 3. The molecule has 2 N–H and O–H groups in total. The molecule has 0 bridgehead atoms. The van der Waals surface area contributed by atoms with Crippen LogP contribution in [0.2, 0.25) is 0 Å². The van der Waals surface area contributed by atoms with E-state index in [1.165, 1.54) is 25.5 Å². The highest BCUT2D eigenvalue weighted by atomic mass is 19.1. The fourth-order valence-electron chi connectivity index (χ4n) is 5.75. The lowest BCUT2D eigenvalue weighted by Crippen LogP contribution is -2.44. The lowest BCUT2D eigenvalue weighted by Gasteiger charge is -2.34. The minimum absolute atomic E-state index is 0.300. The van der Waals surface area contributed by atoms with Crippen molar-refractivity contribution in [3.05, 3.63) is 48.3 Å². The molecule has 10 nitrogen and oxygen atoms in total. The zero-order valence-electron chi connectivity index (χ0n) is 22.0. The average Bonchev–Trinajstić information content (AvgIpc) is 3.59. The van der Waals surface area contributed by atoms with Gasteiger partial charge < -0.3 is 14.8 Å². The van der Waals surface area contributed by atoms with Gasteiger partial charge in [-0.2, -0.15) is 5.10 Å². The molecular weight excluding hydrogens is 495 g/mol. The molecule has 2 saturated heterocycles. The Balaban J connectivity index is 1.25. The van der Waals surface area contributed by atoms with Crippen LogP contribution < -0.4 is 4.90 Å². The van der Waals surface area contributed by atoms with Crippen LogP contribution >= 0.6 is 0 Å². The van der Waals surface area contributed by atoms with E-state index in [1.54, 1.807) is 12.4 Å². The second kappa shape index (κ2) is 9.97. The van der Waals surface area contributed by atoms with E-state index >= 15 is 4.39 Å². The monoisotopic (exact) mass is 526 g/mol. The number of rotatable bonds is 5. The van der Waals surface area contributed by atoms with Crippen molar-refractivity contribution in [1.82, 2.24) is 44.9 Å². The van der Waals surface area contributed by atoms with Crippen LogP contribution in [-0.4, -0.2) is 91.2 Å². The summed E-state index contributed by atoms with van der Waals surface area (Å²) >= 11 is 0. The van der Waals surface area contributed by atoms with Gasteiger partial charge in [0.1, 0.15) is 17.0 Å². The van der Waals surface area contributed by atoms with Gasteiger partial charge in [-0.15, -0.1) is 0 Å². The van der Waals surface area contributed by atoms with Crippen molar-refractivity contribution >= 4 is 27.9 Å². The third-order valence-electron chi connectivity index (χ3n) is 7.93. The molecule has 0 aliphatic carbocycles. The number of halogens is 1. The van der Waals surface area contributed by atoms with E-state index in [-0.39, 0.29) is 0 Å². The molecule has 11 heteroatoms. The maximum atomic E-state index is 16.2. The van der Waals surface area contributed by atoms with E-state index in [4.69, 9.17) is 4.98 Å². The first-order valence-electron chi connectivity index (χ1n) is 13.6. The summed E-state index contributed by atoms with van der Waals surface area (Å²) in [4.78, 5) is 28.6. The number of nitrogens with zero attached hydrogens (tertiary/aromatic N) is 8. The van der Waals surface area contributed by atoms with Crippen LogP contribution in [0.3, 0.4) is 0 Å².